The molecule has 1 fully saturated rings. The van der Waals surface area contributed by atoms with Crippen LogP contribution in [0.2, 0.25) is 0 Å². The number of nitriles is 1. The van der Waals surface area contributed by atoms with E-state index in [9.17, 15) is 8.42 Å². The molecule has 8 heteroatoms. The van der Waals surface area contributed by atoms with E-state index in [1.54, 1.807) is 6.07 Å². The minimum atomic E-state index is -3.78. The minimum Gasteiger partial charge on any atom is -0.377 e. The van der Waals surface area contributed by atoms with Crippen LogP contribution in [0.1, 0.15) is 5.69 Å². The van der Waals surface area contributed by atoms with Crippen molar-refractivity contribution >= 4 is 10.0 Å². The maximum absolute atomic E-state index is 12.6. The topological polar surface area (TPSA) is 92.5 Å². The van der Waals surface area contributed by atoms with Crippen LogP contribution >= 0.6 is 0 Å². The average molecular weight is 297 g/mol. The van der Waals surface area contributed by atoms with E-state index in [-0.39, 0.29) is 35.9 Å². The fourth-order valence-electron chi connectivity index (χ4n) is 2.18. The van der Waals surface area contributed by atoms with Gasteiger partial charge in [-0.1, -0.05) is 0 Å². The number of hydrogen-bond acceptors (Lipinski definition) is 6. The highest BCUT2D eigenvalue weighted by molar-refractivity contribution is 7.89. The van der Waals surface area contributed by atoms with Crippen molar-refractivity contribution in [1.29, 1.82) is 5.26 Å². The lowest BCUT2D eigenvalue weighted by Gasteiger charge is -2.16. The lowest BCUT2D eigenvalue weighted by Crippen LogP contribution is -2.31. The normalized spacial score (nSPS) is 23.6. The number of nitrogens with zero attached hydrogens (tertiary/aromatic N) is 3. The van der Waals surface area contributed by atoms with Gasteiger partial charge in [-0.15, -0.1) is 0 Å². The van der Waals surface area contributed by atoms with Crippen LogP contribution in [0.4, 0.5) is 0 Å². The summed E-state index contributed by atoms with van der Waals surface area (Å²) in [6, 6.07) is 4.67. The van der Waals surface area contributed by atoms with Crippen molar-refractivity contribution in [3.05, 3.63) is 24.0 Å². The molecule has 0 radical (unpaired) electrons. The maximum atomic E-state index is 12.6. The summed E-state index contributed by atoms with van der Waals surface area (Å²) in [4.78, 5) is 3.69. The summed E-state index contributed by atoms with van der Waals surface area (Å²) in [5, 5.41) is 8.98. The third-order valence-electron chi connectivity index (χ3n) is 3.28. The predicted octanol–water partition coefficient (Wildman–Crippen LogP) is -0.0124. The number of sulfonamides is 1. The summed E-state index contributed by atoms with van der Waals surface area (Å²) in [5.41, 5.74) is -0.109. The van der Waals surface area contributed by atoms with E-state index >= 15 is 0 Å². The molecule has 2 heterocycles. The van der Waals surface area contributed by atoms with Gasteiger partial charge in [-0.2, -0.15) is 9.57 Å². The number of rotatable bonds is 4. The Morgan fingerprint density at radius 1 is 1.35 bits per heavy atom. The average Bonchev–Trinajstić information content (AvgIpc) is 2.91. The number of ether oxygens (including phenoxy) is 2. The third-order valence-corrected chi connectivity index (χ3v) is 5.14. The first-order chi connectivity index (χ1) is 9.54. The summed E-state index contributed by atoms with van der Waals surface area (Å²) >= 11 is 0. The van der Waals surface area contributed by atoms with Gasteiger partial charge in [0.1, 0.15) is 11.0 Å². The monoisotopic (exact) mass is 297 g/mol. The highest BCUT2D eigenvalue weighted by Gasteiger charge is 2.40. The zero-order valence-electron chi connectivity index (χ0n) is 11.2. The van der Waals surface area contributed by atoms with E-state index in [2.05, 4.69) is 4.98 Å². The first-order valence-corrected chi connectivity index (χ1v) is 7.39. The Kier molecular flexibility index (Phi) is 4.35. The van der Waals surface area contributed by atoms with Gasteiger partial charge in [0.15, 0.2) is 5.69 Å². The summed E-state index contributed by atoms with van der Waals surface area (Å²) < 4.78 is 36.8. The van der Waals surface area contributed by atoms with E-state index in [0.717, 1.165) is 0 Å². The van der Waals surface area contributed by atoms with Crippen molar-refractivity contribution < 1.29 is 17.9 Å². The maximum Gasteiger partial charge on any atom is 0.246 e. The standard InChI is InChI=1S/C12H15N3O4S/c1-18-10-7-15(8-11(10)19-2)20(16,17)12-4-3-5-14-9(12)6-13/h3-5,10-11H,7-8H2,1-2H3. The van der Waals surface area contributed by atoms with Crippen molar-refractivity contribution in [3.8, 4) is 6.07 Å². The molecule has 0 N–H and O–H groups in total. The Balaban J connectivity index is 2.35. The lowest BCUT2D eigenvalue weighted by molar-refractivity contribution is -0.00461. The van der Waals surface area contributed by atoms with Crippen molar-refractivity contribution in [1.82, 2.24) is 9.29 Å². The van der Waals surface area contributed by atoms with Crippen molar-refractivity contribution in [2.24, 2.45) is 0 Å². The van der Waals surface area contributed by atoms with E-state index in [1.165, 1.54) is 36.9 Å². The molecule has 0 aromatic carbocycles. The predicted molar refractivity (Wildman–Crippen MR) is 69.3 cm³/mol. The zero-order chi connectivity index (χ0) is 14.8. The van der Waals surface area contributed by atoms with Gasteiger partial charge in [0.2, 0.25) is 10.0 Å². The first-order valence-electron chi connectivity index (χ1n) is 5.95. The van der Waals surface area contributed by atoms with Crippen molar-refractivity contribution in [3.63, 3.8) is 0 Å². The molecule has 20 heavy (non-hydrogen) atoms. The Hall–Kier alpha value is -1.53. The van der Waals surface area contributed by atoms with Crippen LogP contribution in [0.3, 0.4) is 0 Å². The smallest absolute Gasteiger partial charge is 0.246 e. The highest BCUT2D eigenvalue weighted by atomic mass is 32.2. The molecule has 0 bridgehead atoms. The van der Waals surface area contributed by atoms with E-state index < -0.39 is 10.0 Å². The fraction of sp³-hybridized carbons (Fsp3) is 0.500. The molecule has 2 rings (SSSR count). The summed E-state index contributed by atoms with van der Waals surface area (Å²) in [6.07, 6.45) is 0.742. The van der Waals surface area contributed by atoms with Gasteiger partial charge in [-0.3, -0.25) is 0 Å². The second-order valence-corrected chi connectivity index (χ2v) is 6.24. The zero-order valence-corrected chi connectivity index (χ0v) is 12.0. The van der Waals surface area contributed by atoms with Gasteiger partial charge in [-0.05, 0) is 12.1 Å². The summed E-state index contributed by atoms with van der Waals surface area (Å²) in [7, 11) is -0.756. The Bertz CT molecular complexity index is 614. The second kappa shape index (κ2) is 5.85. The fourth-order valence-corrected chi connectivity index (χ4v) is 3.74. The largest absolute Gasteiger partial charge is 0.377 e. The second-order valence-electron chi connectivity index (χ2n) is 4.33. The van der Waals surface area contributed by atoms with Crippen LogP contribution in [0.15, 0.2) is 23.2 Å². The van der Waals surface area contributed by atoms with Gasteiger partial charge >= 0.3 is 0 Å². The van der Waals surface area contributed by atoms with Crippen LogP contribution < -0.4 is 0 Å². The van der Waals surface area contributed by atoms with Gasteiger partial charge in [-0.25, -0.2) is 13.4 Å². The lowest BCUT2D eigenvalue weighted by atomic mass is 10.3. The molecular weight excluding hydrogens is 282 g/mol. The molecule has 0 amide bonds. The Morgan fingerprint density at radius 3 is 2.45 bits per heavy atom. The van der Waals surface area contributed by atoms with E-state index in [1.807, 2.05) is 0 Å². The van der Waals surface area contributed by atoms with Gasteiger partial charge < -0.3 is 9.47 Å². The molecule has 1 aromatic heterocycles. The molecule has 2 unspecified atom stereocenters. The molecule has 108 valence electrons. The molecule has 0 aliphatic carbocycles. The first kappa shape index (κ1) is 14.9. The molecule has 1 aliphatic heterocycles. The van der Waals surface area contributed by atoms with Crippen molar-refractivity contribution in [2.75, 3.05) is 27.3 Å². The van der Waals surface area contributed by atoms with Crippen LogP contribution in [0, 0.1) is 11.3 Å². The number of methoxy groups -OCH3 is 2. The quantitative estimate of drug-likeness (QED) is 0.776. The molecular formula is C12H15N3O4S. The molecule has 1 aromatic rings. The molecule has 1 aliphatic rings. The van der Waals surface area contributed by atoms with E-state index in [0.29, 0.717) is 0 Å². The summed E-state index contributed by atoms with van der Waals surface area (Å²) in [6.45, 7) is 0.383. The summed E-state index contributed by atoms with van der Waals surface area (Å²) in [5.74, 6) is 0. The van der Waals surface area contributed by atoms with Crippen LogP contribution in [0.25, 0.3) is 0 Å². The van der Waals surface area contributed by atoms with Crippen molar-refractivity contribution in [2.45, 2.75) is 17.1 Å². The molecule has 1 saturated heterocycles. The number of aromatic nitrogens is 1. The van der Waals surface area contributed by atoms with Gasteiger partial charge in [0, 0.05) is 33.5 Å². The Morgan fingerprint density at radius 2 is 1.95 bits per heavy atom. The van der Waals surface area contributed by atoms with Crippen LogP contribution in [0.5, 0.6) is 0 Å². The highest BCUT2D eigenvalue weighted by Crippen LogP contribution is 2.25. The van der Waals surface area contributed by atoms with Crippen LogP contribution in [-0.4, -0.2) is 57.2 Å². The van der Waals surface area contributed by atoms with E-state index in [4.69, 9.17) is 14.7 Å². The van der Waals surface area contributed by atoms with Crippen LogP contribution in [-0.2, 0) is 19.5 Å². The molecule has 0 spiro atoms. The Labute approximate surface area is 117 Å². The number of hydrogen-bond donors (Lipinski definition) is 0. The van der Waals surface area contributed by atoms with Gasteiger partial charge in [0.05, 0.1) is 12.2 Å². The SMILES string of the molecule is COC1CN(S(=O)(=O)c2cccnc2C#N)CC1OC. The molecule has 7 nitrogen and oxygen atoms in total. The van der Waals surface area contributed by atoms with Gasteiger partial charge in [0.25, 0.3) is 0 Å². The number of pyridine rings is 1. The molecule has 2 atom stereocenters. The minimum absolute atomic E-state index is 0.0888. The molecule has 0 saturated carbocycles. The third kappa shape index (κ3) is 2.53.